The maximum atomic E-state index is 14.3. The van der Waals surface area contributed by atoms with E-state index in [0.29, 0.717) is 19.5 Å². The molecule has 0 unspecified atom stereocenters. The molecule has 0 aliphatic heterocycles. The average Bonchev–Trinajstić information content (AvgIpc) is 2.91. The van der Waals surface area contributed by atoms with Gasteiger partial charge in [0, 0.05) is 6.20 Å². The van der Waals surface area contributed by atoms with Crippen molar-refractivity contribution >= 4 is 14.4 Å². The second-order valence-corrected chi connectivity index (χ2v) is 10.4. The van der Waals surface area contributed by atoms with Gasteiger partial charge in [0.15, 0.2) is 0 Å². The molecule has 1 N–H and O–H groups in total. The number of aromatic carboxylic acids is 1. The average molecular weight is 696 g/mol. The molecule has 0 aliphatic rings. The summed E-state index contributed by atoms with van der Waals surface area (Å²) in [6, 6.07) is 18.3. The van der Waals surface area contributed by atoms with Gasteiger partial charge in [0.2, 0.25) is 0 Å². The van der Waals surface area contributed by atoms with Crippen LogP contribution in [0.15, 0.2) is 97.5 Å². The first-order chi connectivity index (χ1) is 18.3. The molecule has 0 radical (unpaired) electrons. The number of pyridine rings is 3. The monoisotopic (exact) mass is 696 g/mol. The molecule has 0 saturated carbocycles. The number of nitrogens with zero attached hydrogens (tertiary/aromatic N) is 3. The molecule has 3 aromatic heterocycles. The Balaban J connectivity index is 0.000000317. The van der Waals surface area contributed by atoms with E-state index in [0.717, 1.165) is 12.1 Å². The van der Waals surface area contributed by atoms with Crippen LogP contribution in [0, 0.1) is 23.3 Å². The van der Waals surface area contributed by atoms with Crippen LogP contribution in [0.1, 0.15) is 10.5 Å². The SMILES string of the molecule is Fc1ccc(-c2cccn[c]2[Ir][c]2ncccc2-c2ccc(F)cc2F)c(F)c1.O=C(O)c1ccccn1. The molecule has 5 aromatic rings. The normalized spacial score (nSPS) is 10.5. The summed E-state index contributed by atoms with van der Waals surface area (Å²) in [7, 11) is 0. The van der Waals surface area contributed by atoms with E-state index in [2.05, 4.69) is 15.0 Å². The molecule has 0 amide bonds. The largest absolute Gasteiger partial charge is 0.477 e. The van der Waals surface area contributed by atoms with Gasteiger partial charge in [-0.1, -0.05) is 6.07 Å². The Morgan fingerprint density at radius 3 is 1.50 bits per heavy atom. The summed E-state index contributed by atoms with van der Waals surface area (Å²) in [5, 5.41) is 8.32. The first-order valence-electron chi connectivity index (χ1n) is 10.9. The first-order valence-corrected chi connectivity index (χ1v) is 13.3. The predicted molar refractivity (Wildman–Crippen MR) is 130 cm³/mol. The zero-order chi connectivity index (χ0) is 27.1. The summed E-state index contributed by atoms with van der Waals surface area (Å²) in [6.07, 6.45) is 4.62. The van der Waals surface area contributed by atoms with Crippen LogP contribution in [0.2, 0.25) is 0 Å². The van der Waals surface area contributed by atoms with Crippen molar-refractivity contribution in [3.05, 3.63) is 126 Å². The van der Waals surface area contributed by atoms with E-state index in [9.17, 15) is 22.4 Å². The van der Waals surface area contributed by atoms with Crippen LogP contribution in [0.5, 0.6) is 0 Å². The van der Waals surface area contributed by atoms with Crippen molar-refractivity contribution in [2.24, 2.45) is 0 Å². The van der Waals surface area contributed by atoms with E-state index in [-0.39, 0.29) is 16.8 Å². The van der Waals surface area contributed by atoms with Gasteiger partial charge in [0.25, 0.3) is 0 Å². The van der Waals surface area contributed by atoms with E-state index in [1.807, 2.05) is 0 Å². The number of halogens is 4. The molecule has 5 rings (SSSR count). The fourth-order valence-electron chi connectivity index (χ4n) is 3.26. The molecule has 193 valence electrons. The Morgan fingerprint density at radius 2 is 1.11 bits per heavy atom. The molecule has 0 spiro atoms. The molecule has 2 aromatic carbocycles. The number of hydrogen-bond acceptors (Lipinski definition) is 4. The van der Waals surface area contributed by atoms with Crippen molar-refractivity contribution in [2.45, 2.75) is 0 Å². The van der Waals surface area contributed by atoms with E-state index in [1.54, 1.807) is 48.8 Å². The molecule has 0 atom stereocenters. The standard InChI is InChI=1S/2C11H6F2N.C6H5NO2.Ir/c2*12-9-3-4-10(11(13)6-9)8-2-1-5-14-7-8;8-6(9)5-3-1-2-4-7-5;/h2*1-6H;1-4H,(H,8,9);. The zero-order valence-electron chi connectivity index (χ0n) is 19.3. The number of aromatic nitrogens is 3. The number of carboxylic acids is 1. The van der Waals surface area contributed by atoms with Gasteiger partial charge in [0.1, 0.15) is 5.69 Å². The molecule has 0 fully saturated rings. The van der Waals surface area contributed by atoms with Gasteiger partial charge >= 0.3 is 178 Å². The fourth-order valence-corrected chi connectivity index (χ4v) is 6.15. The van der Waals surface area contributed by atoms with E-state index < -0.39 is 46.9 Å². The van der Waals surface area contributed by atoms with Crippen molar-refractivity contribution < 1.29 is 45.2 Å². The number of carbonyl (C=O) groups is 1. The predicted octanol–water partition coefficient (Wildman–Crippen LogP) is 5.18. The molecule has 5 nitrogen and oxygen atoms in total. The molecular weight excluding hydrogens is 679 g/mol. The van der Waals surface area contributed by atoms with Crippen LogP contribution in [-0.2, 0) is 17.7 Å². The molecule has 10 heteroatoms. The number of benzene rings is 2. The molecule has 3 heterocycles. The summed E-state index contributed by atoms with van der Waals surface area (Å²) in [4.78, 5) is 22.5. The van der Waals surface area contributed by atoms with Crippen LogP contribution in [0.4, 0.5) is 17.6 Å². The molecule has 0 bridgehead atoms. The molecular formula is C28H17F4IrN3O2. The Morgan fingerprint density at radius 1 is 0.605 bits per heavy atom. The maximum absolute atomic E-state index is 14.3. The number of carboxylic acid groups (broad SMARTS) is 1. The van der Waals surface area contributed by atoms with E-state index >= 15 is 0 Å². The van der Waals surface area contributed by atoms with Crippen LogP contribution >= 0.6 is 0 Å². The topological polar surface area (TPSA) is 76.0 Å². The second-order valence-electron chi connectivity index (χ2n) is 7.49. The van der Waals surface area contributed by atoms with Crippen molar-refractivity contribution in [1.82, 2.24) is 15.0 Å². The summed E-state index contributed by atoms with van der Waals surface area (Å²) in [6.45, 7) is 0. The minimum absolute atomic E-state index is 0.0810. The van der Waals surface area contributed by atoms with Gasteiger partial charge < -0.3 is 5.11 Å². The Kier molecular flexibility index (Phi) is 8.68. The Hall–Kier alpha value is -4.27. The maximum Gasteiger partial charge on any atom is 0.354 e. The van der Waals surface area contributed by atoms with Crippen LogP contribution in [0.25, 0.3) is 22.3 Å². The summed E-state index contributed by atoms with van der Waals surface area (Å²) in [5.74, 6) is -3.68. The minimum atomic E-state index is -1.22. The smallest absolute Gasteiger partial charge is 0.354 e. The quantitative estimate of drug-likeness (QED) is 0.257. The van der Waals surface area contributed by atoms with Gasteiger partial charge in [0.05, 0.1) is 0 Å². The van der Waals surface area contributed by atoms with Gasteiger partial charge in [-0.05, 0) is 12.1 Å². The zero-order valence-corrected chi connectivity index (χ0v) is 21.7. The third-order valence-corrected chi connectivity index (χ3v) is 8.01. The van der Waals surface area contributed by atoms with Crippen molar-refractivity contribution in [3.63, 3.8) is 0 Å². The number of rotatable bonds is 5. The molecule has 38 heavy (non-hydrogen) atoms. The van der Waals surface area contributed by atoms with Crippen molar-refractivity contribution in [3.8, 4) is 22.3 Å². The van der Waals surface area contributed by atoms with Gasteiger partial charge in [-0.2, -0.15) is 0 Å². The summed E-state index contributed by atoms with van der Waals surface area (Å²) < 4.78 is 56.5. The first kappa shape index (κ1) is 26.8. The van der Waals surface area contributed by atoms with Gasteiger partial charge in [-0.3, -0.25) is 0 Å². The van der Waals surface area contributed by atoms with Crippen molar-refractivity contribution in [1.29, 1.82) is 0 Å². The van der Waals surface area contributed by atoms with Gasteiger partial charge in [-0.15, -0.1) is 0 Å². The van der Waals surface area contributed by atoms with Crippen LogP contribution < -0.4 is 8.42 Å². The summed E-state index contributed by atoms with van der Waals surface area (Å²) >= 11 is -1.22. The third-order valence-electron chi connectivity index (χ3n) is 4.97. The third kappa shape index (κ3) is 6.53. The van der Waals surface area contributed by atoms with Crippen molar-refractivity contribution in [2.75, 3.05) is 0 Å². The fraction of sp³-hybridized carbons (Fsp3) is 0. The van der Waals surface area contributed by atoms with Gasteiger partial charge in [-0.25, -0.2) is 9.78 Å². The Labute approximate surface area is 222 Å². The molecule has 0 saturated heterocycles. The second kappa shape index (κ2) is 12.3. The Bertz CT molecular complexity index is 1490. The van der Waals surface area contributed by atoms with E-state index in [1.165, 1.54) is 36.5 Å². The molecule has 0 aliphatic carbocycles. The van der Waals surface area contributed by atoms with E-state index in [4.69, 9.17) is 5.11 Å². The number of hydrogen-bond donors (Lipinski definition) is 1. The summed E-state index contributed by atoms with van der Waals surface area (Å²) in [5.41, 5.74) is 1.65. The van der Waals surface area contributed by atoms with Crippen LogP contribution in [0.3, 0.4) is 0 Å². The van der Waals surface area contributed by atoms with Crippen LogP contribution in [-0.4, -0.2) is 26.0 Å². The minimum Gasteiger partial charge on any atom is -0.477 e.